The largest absolute Gasteiger partial charge is 0.351 e. The average Bonchev–Trinajstić information content (AvgIpc) is 2.54. The topological polar surface area (TPSA) is 130 Å². The first kappa shape index (κ1) is 18.5. The highest BCUT2D eigenvalue weighted by Gasteiger charge is 2.19. The lowest BCUT2D eigenvalue weighted by Gasteiger charge is -2.08. The molecule has 0 saturated carbocycles. The van der Waals surface area contributed by atoms with Crippen LogP contribution in [0.15, 0.2) is 42.5 Å². The highest BCUT2D eigenvalue weighted by atomic mass is 19.1. The summed E-state index contributed by atoms with van der Waals surface area (Å²) in [4.78, 5) is 45.7. The van der Waals surface area contributed by atoms with E-state index in [2.05, 4.69) is 5.32 Å². The van der Waals surface area contributed by atoms with E-state index in [1.165, 1.54) is 24.3 Å². The van der Waals surface area contributed by atoms with Crippen molar-refractivity contribution in [3.8, 4) is 0 Å². The summed E-state index contributed by atoms with van der Waals surface area (Å²) in [6.07, 6.45) is 0. The molecule has 0 aliphatic carbocycles. The van der Waals surface area contributed by atoms with E-state index in [9.17, 15) is 28.0 Å². The molecule has 26 heavy (non-hydrogen) atoms. The molecule has 2 aromatic rings. The minimum Gasteiger partial charge on any atom is -0.351 e. The Kier molecular flexibility index (Phi) is 5.58. The number of hydrogen-bond donors (Lipinski definition) is 4. The summed E-state index contributed by atoms with van der Waals surface area (Å²) < 4.78 is 27.0. The van der Waals surface area contributed by atoms with E-state index in [0.717, 1.165) is 18.2 Å². The lowest BCUT2D eigenvalue weighted by molar-refractivity contribution is 0.0952. The molecule has 6 amide bonds. The van der Waals surface area contributed by atoms with Crippen molar-refractivity contribution < 1.29 is 28.0 Å². The number of halogens is 2. The van der Waals surface area contributed by atoms with E-state index in [1.807, 2.05) is 5.32 Å². The first-order valence-electron chi connectivity index (χ1n) is 7.05. The molecule has 8 nitrogen and oxygen atoms in total. The number of amides is 6. The Bertz CT molecular complexity index is 864. The number of nitrogens with one attached hydrogen (secondary N) is 3. The van der Waals surface area contributed by atoms with Crippen molar-refractivity contribution in [2.24, 2.45) is 5.73 Å². The van der Waals surface area contributed by atoms with Gasteiger partial charge in [0.15, 0.2) is 0 Å². The van der Waals surface area contributed by atoms with Crippen LogP contribution in [0.1, 0.15) is 20.7 Å². The minimum atomic E-state index is -1.25. The van der Waals surface area contributed by atoms with Gasteiger partial charge in [-0.1, -0.05) is 6.07 Å². The molecule has 0 radical (unpaired) electrons. The van der Waals surface area contributed by atoms with Gasteiger partial charge in [0, 0.05) is 11.3 Å². The van der Waals surface area contributed by atoms with E-state index >= 15 is 0 Å². The van der Waals surface area contributed by atoms with Crippen LogP contribution in [0.2, 0.25) is 0 Å². The maximum atomic E-state index is 13.5. The maximum Gasteiger partial charge on any atom is 0.326 e. The first-order valence-corrected chi connectivity index (χ1v) is 7.05. The number of carbonyl (C=O) groups excluding carboxylic acids is 4. The Hall–Kier alpha value is -3.82. The number of imide groups is 2. The van der Waals surface area contributed by atoms with Gasteiger partial charge in [0.1, 0.15) is 17.2 Å². The van der Waals surface area contributed by atoms with Gasteiger partial charge in [0.25, 0.3) is 11.8 Å². The zero-order valence-corrected chi connectivity index (χ0v) is 13.0. The van der Waals surface area contributed by atoms with Crippen LogP contribution < -0.4 is 21.7 Å². The molecule has 2 aromatic carbocycles. The maximum absolute atomic E-state index is 13.5. The molecule has 134 valence electrons. The highest BCUT2D eigenvalue weighted by molar-refractivity contribution is 6.08. The number of anilines is 1. The number of urea groups is 2. The van der Waals surface area contributed by atoms with Crippen LogP contribution in [-0.2, 0) is 0 Å². The Morgan fingerprint density at radius 1 is 0.808 bits per heavy atom. The third kappa shape index (κ3) is 4.60. The van der Waals surface area contributed by atoms with Gasteiger partial charge in [-0.05, 0) is 36.4 Å². The molecule has 0 saturated heterocycles. The number of nitrogens with two attached hydrogens (primary N) is 1. The van der Waals surface area contributed by atoms with Crippen LogP contribution in [-0.4, -0.2) is 23.9 Å². The summed E-state index contributed by atoms with van der Waals surface area (Å²) in [5.74, 6) is -4.21. The smallest absolute Gasteiger partial charge is 0.326 e. The molecular weight excluding hydrogens is 350 g/mol. The van der Waals surface area contributed by atoms with Crippen LogP contribution >= 0.6 is 0 Å². The van der Waals surface area contributed by atoms with Crippen molar-refractivity contribution in [1.82, 2.24) is 10.6 Å². The van der Waals surface area contributed by atoms with Crippen molar-refractivity contribution in [3.63, 3.8) is 0 Å². The van der Waals surface area contributed by atoms with Gasteiger partial charge in [-0.3, -0.25) is 20.2 Å². The fourth-order valence-corrected chi connectivity index (χ4v) is 1.93. The molecule has 0 aliphatic heterocycles. The fourth-order valence-electron chi connectivity index (χ4n) is 1.93. The van der Waals surface area contributed by atoms with Crippen molar-refractivity contribution >= 4 is 29.6 Å². The van der Waals surface area contributed by atoms with Crippen LogP contribution in [0.4, 0.5) is 24.1 Å². The Labute approximate surface area is 145 Å². The Morgan fingerprint density at radius 2 is 1.38 bits per heavy atom. The molecule has 0 heterocycles. The van der Waals surface area contributed by atoms with Crippen molar-refractivity contribution in [2.45, 2.75) is 0 Å². The summed E-state index contributed by atoms with van der Waals surface area (Å²) in [5, 5.41) is 5.89. The number of rotatable bonds is 3. The predicted molar refractivity (Wildman–Crippen MR) is 86.3 cm³/mol. The van der Waals surface area contributed by atoms with E-state index in [-0.39, 0.29) is 11.3 Å². The lowest BCUT2D eigenvalue weighted by Crippen LogP contribution is -2.35. The molecule has 5 N–H and O–H groups in total. The van der Waals surface area contributed by atoms with E-state index in [4.69, 9.17) is 5.73 Å². The number of carbonyl (C=O) groups is 4. The van der Waals surface area contributed by atoms with Gasteiger partial charge in [0.05, 0.1) is 0 Å². The molecule has 2 rings (SSSR count). The zero-order chi connectivity index (χ0) is 19.3. The van der Waals surface area contributed by atoms with Gasteiger partial charge in [0.2, 0.25) is 0 Å². The van der Waals surface area contributed by atoms with Gasteiger partial charge in [-0.25, -0.2) is 18.4 Å². The second kappa shape index (κ2) is 7.83. The van der Waals surface area contributed by atoms with Gasteiger partial charge < -0.3 is 11.1 Å². The van der Waals surface area contributed by atoms with Crippen LogP contribution in [0.5, 0.6) is 0 Å². The van der Waals surface area contributed by atoms with E-state index < -0.39 is 41.1 Å². The number of benzene rings is 2. The second-order valence-electron chi connectivity index (χ2n) is 4.90. The number of hydrogen-bond acceptors (Lipinski definition) is 4. The summed E-state index contributed by atoms with van der Waals surface area (Å²) in [7, 11) is 0. The van der Waals surface area contributed by atoms with Gasteiger partial charge in [-0.15, -0.1) is 0 Å². The first-order chi connectivity index (χ1) is 12.3. The monoisotopic (exact) mass is 362 g/mol. The number of primary amides is 1. The third-order valence-electron chi connectivity index (χ3n) is 3.06. The molecule has 0 spiro atoms. The molecule has 0 bridgehead atoms. The van der Waals surface area contributed by atoms with Crippen molar-refractivity contribution in [1.29, 1.82) is 0 Å². The molecule has 0 unspecified atom stereocenters. The average molecular weight is 362 g/mol. The van der Waals surface area contributed by atoms with Crippen LogP contribution in [0.25, 0.3) is 0 Å². The minimum absolute atomic E-state index is 0.0965. The molecule has 0 aromatic heterocycles. The molecule has 0 aliphatic rings. The summed E-state index contributed by atoms with van der Waals surface area (Å²) in [6.45, 7) is 0. The normalized spacial score (nSPS) is 9.92. The quantitative estimate of drug-likeness (QED) is 0.662. The SMILES string of the molecule is NC(=O)NC(=O)c1ccc(NC(=O)NC(=O)c2c(F)cccc2F)cc1. The van der Waals surface area contributed by atoms with Crippen molar-refractivity contribution in [2.75, 3.05) is 5.32 Å². The van der Waals surface area contributed by atoms with E-state index in [0.29, 0.717) is 0 Å². The van der Waals surface area contributed by atoms with Gasteiger partial charge >= 0.3 is 12.1 Å². The Balaban J connectivity index is 2.00. The molecule has 0 fully saturated rings. The lowest BCUT2D eigenvalue weighted by atomic mass is 10.2. The second-order valence-corrected chi connectivity index (χ2v) is 4.90. The molecule has 10 heteroatoms. The summed E-state index contributed by atoms with van der Waals surface area (Å²) in [5.41, 5.74) is 4.21. The van der Waals surface area contributed by atoms with Crippen LogP contribution in [0, 0.1) is 11.6 Å². The predicted octanol–water partition coefficient (Wildman–Crippen LogP) is 1.74. The van der Waals surface area contributed by atoms with Crippen molar-refractivity contribution in [3.05, 3.63) is 65.2 Å². The Morgan fingerprint density at radius 3 is 1.92 bits per heavy atom. The third-order valence-corrected chi connectivity index (χ3v) is 3.06. The molecule has 0 atom stereocenters. The standard InChI is InChI=1S/C16H12F2N4O4/c17-10-2-1-3-11(18)12(10)14(24)22-16(26)20-9-6-4-8(5-7-9)13(23)21-15(19)25/h1-7H,(H3,19,21,23,25)(H2,20,22,24,26). The molecular formula is C16H12F2N4O4. The fraction of sp³-hybridized carbons (Fsp3) is 0. The van der Waals surface area contributed by atoms with E-state index in [1.54, 1.807) is 5.32 Å². The summed E-state index contributed by atoms with van der Waals surface area (Å²) in [6, 6.07) is 5.98. The zero-order valence-electron chi connectivity index (χ0n) is 13.0. The van der Waals surface area contributed by atoms with Gasteiger partial charge in [-0.2, -0.15) is 0 Å². The summed E-state index contributed by atoms with van der Waals surface area (Å²) >= 11 is 0. The van der Waals surface area contributed by atoms with Crippen LogP contribution in [0.3, 0.4) is 0 Å². The highest BCUT2D eigenvalue weighted by Crippen LogP contribution is 2.12.